The first-order valence-electron chi connectivity index (χ1n) is 2.17. The van der Waals surface area contributed by atoms with Crippen molar-refractivity contribution in [2.75, 3.05) is 0 Å². The first kappa shape index (κ1) is 12.4. The third-order valence-corrected chi connectivity index (χ3v) is 1.18. The first-order valence-corrected chi connectivity index (χ1v) is 2.90. The van der Waals surface area contributed by atoms with Crippen LogP contribution in [0.5, 0.6) is 0 Å². The third-order valence-electron chi connectivity index (χ3n) is 0.774. The molecule has 0 aliphatic carbocycles. The minimum atomic E-state index is -0.547. The summed E-state index contributed by atoms with van der Waals surface area (Å²) >= 11 is 0. The van der Waals surface area contributed by atoms with E-state index in [1.54, 1.807) is 6.92 Å². The Morgan fingerprint density at radius 3 is 2.22 bits per heavy atom. The number of Topliss-reactive ketones (excluding diaryl/α,β-unsaturated/α-hetero) is 1. The molecule has 0 rings (SSSR count). The summed E-state index contributed by atoms with van der Waals surface area (Å²) in [6.45, 7) is 2.93. The van der Waals surface area contributed by atoms with Gasteiger partial charge in [0.15, 0.2) is 5.78 Å². The van der Waals surface area contributed by atoms with Crippen LogP contribution >= 0.6 is 8.69 Å². The maximum absolute atomic E-state index is 10.3. The van der Waals surface area contributed by atoms with Crippen LogP contribution < -0.4 is 0 Å². The molecule has 0 fully saturated rings. The number of rotatable bonds is 3. The van der Waals surface area contributed by atoms with Gasteiger partial charge in [-0.1, -0.05) is 0 Å². The van der Waals surface area contributed by atoms with Crippen molar-refractivity contribution in [2.24, 2.45) is 0 Å². The van der Waals surface area contributed by atoms with Gasteiger partial charge in [-0.2, -0.15) is 0 Å². The molecule has 1 atom stereocenters. The molecule has 1 unspecified atom stereocenters. The van der Waals surface area contributed by atoms with Crippen LogP contribution in [0.1, 0.15) is 13.8 Å². The van der Waals surface area contributed by atoms with Gasteiger partial charge < -0.3 is 0 Å². The topological polar surface area (TPSA) is 43.4 Å². The fraction of sp³-hybridized carbons (Fsp3) is 0.750. The minimum absolute atomic E-state index is 0. The molecule has 0 spiro atoms. The monoisotopic (exact) mass is 158 g/mol. The predicted molar refractivity (Wildman–Crippen MR) is 36.0 cm³/mol. The van der Waals surface area contributed by atoms with Gasteiger partial charge in [-0.15, -0.1) is 0 Å². The molecular weight excluding hydrogens is 150 g/mol. The maximum atomic E-state index is 10.3. The van der Waals surface area contributed by atoms with Gasteiger partial charge >= 0.3 is 38.2 Å². The fourth-order valence-corrected chi connectivity index (χ4v) is 0.416. The summed E-state index contributed by atoms with van der Waals surface area (Å²) in [5.74, 6) is -0.117. The Morgan fingerprint density at radius 2 is 2.11 bits per heavy atom. The van der Waals surface area contributed by atoms with Gasteiger partial charge in [-0.25, -0.2) is 4.57 Å². The Morgan fingerprint density at radius 1 is 1.67 bits per heavy atom. The van der Waals surface area contributed by atoms with E-state index in [-0.39, 0.29) is 35.3 Å². The van der Waals surface area contributed by atoms with E-state index in [0.29, 0.717) is 0 Å². The van der Waals surface area contributed by atoms with Crippen molar-refractivity contribution in [2.45, 2.75) is 20.0 Å². The molecule has 48 valence electrons. The molecular formula is C4H8NaO3P. The zero-order valence-corrected chi connectivity index (χ0v) is 5.64. The molecule has 9 heavy (non-hydrogen) atoms. The molecule has 0 radical (unpaired) electrons. The molecule has 3 nitrogen and oxygen atoms in total. The zero-order chi connectivity index (χ0) is 6.57. The average molecular weight is 158 g/mol. The molecule has 0 heterocycles. The van der Waals surface area contributed by atoms with E-state index in [0.717, 1.165) is 0 Å². The third kappa shape index (κ3) is 6.62. The summed E-state index contributed by atoms with van der Waals surface area (Å²) in [5.41, 5.74) is 0. The van der Waals surface area contributed by atoms with Gasteiger partial charge in [0.1, 0.15) is 6.10 Å². The van der Waals surface area contributed by atoms with Crippen molar-refractivity contribution in [3.63, 3.8) is 0 Å². The molecule has 0 aliphatic rings. The van der Waals surface area contributed by atoms with E-state index in [1.165, 1.54) is 6.92 Å². The van der Waals surface area contributed by atoms with E-state index < -0.39 is 14.8 Å². The van der Waals surface area contributed by atoms with E-state index in [4.69, 9.17) is 0 Å². The summed E-state index contributed by atoms with van der Waals surface area (Å²) in [6.07, 6.45) is -0.547. The van der Waals surface area contributed by atoms with Crippen molar-refractivity contribution >= 4 is 44.0 Å². The molecule has 0 aromatic carbocycles. The Bertz CT molecular complexity index is 106. The Balaban J connectivity index is 0. The number of ketones is 1. The molecule has 0 aromatic heterocycles. The number of hydrogen-bond donors (Lipinski definition) is 0. The second kappa shape index (κ2) is 6.84. The summed E-state index contributed by atoms with van der Waals surface area (Å²) in [6, 6.07) is 0. The van der Waals surface area contributed by atoms with Crippen LogP contribution in [0.25, 0.3) is 0 Å². The van der Waals surface area contributed by atoms with Crippen LogP contribution in [0.4, 0.5) is 0 Å². The van der Waals surface area contributed by atoms with Crippen LogP contribution in [0.15, 0.2) is 0 Å². The van der Waals surface area contributed by atoms with Crippen LogP contribution in [0, 0.1) is 0 Å². The van der Waals surface area contributed by atoms with Crippen molar-refractivity contribution in [3.05, 3.63) is 0 Å². The van der Waals surface area contributed by atoms with E-state index in [2.05, 4.69) is 4.52 Å². The van der Waals surface area contributed by atoms with Crippen LogP contribution in [0.3, 0.4) is 0 Å². The van der Waals surface area contributed by atoms with Gasteiger partial charge in [0.2, 0.25) is 0 Å². The first-order chi connectivity index (χ1) is 3.68. The number of carbonyl (C=O) groups is 1. The second-order valence-corrected chi connectivity index (χ2v) is 1.79. The second-order valence-electron chi connectivity index (χ2n) is 1.43. The van der Waals surface area contributed by atoms with Crippen molar-refractivity contribution < 1.29 is 13.9 Å². The standard InChI is InChI=1S/C4H7O3P.Na.H/c1-3(5)4(2)7-8-6;;/h4H,1-2H3;;. The summed E-state index contributed by atoms with van der Waals surface area (Å²) < 4.78 is 14.0. The SMILES string of the molecule is CC(=O)C(C)OP=O.[NaH]. The van der Waals surface area contributed by atoms with Crippen LogP contribution in [-0.4, -0.2) is 41.4 Å². The van der Waals surface area contributed by atoms with Gasteiger partial charge in [0, 0.05) is 0 Å². The van der Waals surface area contributed by atoms with E-state index in [9.17, 15) is 9.36 Å². The average Bonchev–Trinajstić information content (AvgIpc) is 1.67. The summed E-state index contributed by atoms with van der Waals surface area (Å²) in [5, 5.41) is 0. The quantitative estimate of drug-likeness (QED) is 0.444. The molecule has 0 saturated heterocycles. The summed E-state index contributed by atoms with van der Waals surface area (Å²) in [4.78, 5) is 10.3. The van der Waals surface area contributed by atoms with Crippen molar-refractivity contribution in [1.29, 1.82) is 0 Å². The molecule has 0 amide bonds. The molecule has 0 N–H and O–H groups in total. The van der Waals surface area contributed by atoms with Crippen LogP contribution in [-0.2, 0) is 13.9 Å². The Kier molecular flexibility index (Phi) is 9.44. The van der Waals surface area contributed by atoms with Gasteiger partial charge in [0.25, 0.3) is 0 Å². The van der Waals surface area contributed by atoms with Gasteiger partial charge in [-0.05, 0) is 13.8 Å². The zero-order valence-electron chi connectivity index (χ0n) is 4.75. The molecule has 5 heteroatoms. The normalized spacial score (nSPS) is 12.2. The van der Waals surface area contributed by atoms with Gasteiger partial charge in [-0.3, -0.25) is 9.32 Å². The molecule has 0 aromatic rings. The van der Waals surface area contributed by atoms with Crippen molar-refractivity contribution in [1.82, 2.24) is 0 Å². The Hall–Kier alpha value is 0.730. The van der Waals surface area contributed by atoms with Gasteiger partial charge in [0.05, 0.1) is 0 Å². The fourth-order valence-electron chi connectivity index (χ4n) is 0.139. The molecule has 0 bridgehead atoms. The van der Waals surface area contributed by atoms with E-state index >= 15 is 0 Å². The van der Waals surface area contributed by atoms with Crippen molar-refractivity contribution in [3.8, 4) is 0 Å². The predicted octanol–water partition coefficient (Wildman–Crippen LogP) is 0.539. The Labute approximate surface area is 77.7 Å². The number of carbonyl (C=O) groups excluding carboxylic acids is 1. The molecule has 0 aliphatic heterocycles. The number of hydrogen-bond acceptors (Lipinski definition) is 3. The molecule has 0 saturated carbocycles. The van der Waals surface area contributed by atoms with Crippen LogP contribution in [0.2, 0.25) is 0 Å². The summed E-state index contributed by atoms with van der Waals surface area (Å²) in [7, 11) is -0.436. The van der Waals surface area contributed by atoms with E-state index in [1.807, 2.05) is 0 Å².